The Balaban J connectivity index is 3.00. The molecule has 1 aromatic rings. The summed E-state index contributed by atoms with van der Waals surface area (Å²) in [6.07, 6.45) is -4.81. The van der Waals surface area contributed by atoms with Crippen molar-refractivity contribution in [2.45, 2.75) is 12.9 Å². The first kappa shape index (κ1) is 11.8. The molecular weight excluding hydrogens is 214 g/mol. The van der Waals surface area contributed by atoms with Crippen LogP contribution in [0.3, 0.4) is 0 Å². The molecule has 0 radical (unpaired) electrons. The lowest BCUT2D eigenvalue weighted by Gasteiger charge is -2.13. The van der Waals surface area contributed by atoms with Gasteiger partial charge in [0, 0.05) is 12.1 Å². The van der Waals surface area contributed by atoms with Crippen molar-refractivity contribution in [3.8, 4) is 5.75 Å². The fourth-order valence-corrected chi connectivity index (χ4v) is 1.11. The Morgan fingerprint density at radius 3 is 2.53 bits per heavy atom. The molecule has 0 bridgehead atoms. The van der Waals surface area contributed by atoms with Gasteiger partial charge in [0.25, 0.3) is 0 Å². The Morgan fingerprint density at radius 1 is 1.33 bits per heavy atom. The Morgan fingerprint density at radius 2 is 2.00 bits per heavy atom. The van der Waals surface area contributed by atoms with Crippen LogP contribution >= 0.6 is 0 Å². The SMILES string of the molecule is CNCc1c(F)cccc1OC(F)(F)F. The minimum Gasteiger partial charge on any atom is -0.405 e. The lowest BCUT2D eigenvalue weighted by Crippen LogP contribution is -2.19. The minimum absolute atomic E-state index is 0.0297. The van der Waals surface area contributed by atoms with Crippen molar-refractivity contribution in [3.05, 3.63) is 29.6 Å². The van der Waals surface area contributed by atoms with Crippen LogP contribution in [0.15, 0.2) is 18.2 Å². The number of nitrogens with one attached hydrogen (secondary N) is 1. The van der Waals surface area contributed by atoms with Gasteiger partial charge < -0.3 is 10.1 Å². The molecule has 1 rings (SSSR count). The van der Waals surface area contributed by atoms with E-state index in [0.29, 0.717) is 0 Å². The van der Waals surface area contributed by atoms with E-state index in [-0.39, 0.29) is 12.1 Å². The lowest BCUT2D eigenvalue weighted by molar-refractivity contribution is -0.275. The summed E-state index contributed by atoms with van der Waals surface area (Å²) < 4.78 is 52.6. The van der Waals surface area contributed by atoms with Gasteiger partial charge in [-0.15, -0.1) is 13.2 Å². The predicted molar refractivity (Wildman–Crippen MR) is 45.8 cm³/mol. The summed E-state index contributed by atoms with van der Waals surface area (Å²) in [5.41, 5.74) is -0.141. The summed E-state index contributed by atoms with van der Waals surface area (Å²) in [6.45, 7) is -0.0297. The van der Waals surface area contributed by atoms with E-state index in [1.54, 1.807) is 0 Å². The molecule has 0 atom stereocenters. The fraction of sp³-hybridized carbons (Fsp3) is 0.333. The average Bonchev–Trinajstić information content (AvgIpc) is 2.08. The molecule has 1 N–H and O–H groups in total. The number of ether oxygens (including phenoxy) is 1. The van der Waals surface area contributed by atoms with Gasteiger partial charge in [0.2, 0.25) is 0 Å². The van der Waals surface area contributed by atoms with E-state index >= 15 is 0 Å². The number of halogens is 4. The molecule has 6 heteroatoms. The average molecular weight is 223 g/mol. The van der Waals surface area contributed by atoms with Crippen molar-refractivity contribution in [1.82, 2.24) is 5.32 Å². The van der Waals surface area contributed by atoms with Crippen molar-refractivity contribution >= 4 is 0 Å². The summed E-state index contributed by atoms with van der Waals surface area (Å²) in [5, 5.41) is 2.56. The van der Waals surface area contributed by atoms with E-state index < -0.39 is 17.9 Å². The van der Waals surface area contributed by atoms with Gasteiger partial charge in [-0.1, -0.05) is 6.07 Å². The van der Waals surface area contributed by atoms with Gasteiger partial charge in [0.05, 0.1) is 0 Å². The molecule has 84 valence electrons. The van der Waals surface area contributed by atoms with E-state index in [2.05, 4.69) is 10.1 Å². The second-order valence-corrected chi connectivity index (χ2v) is 2.79. The molecule has 0 aliphatic carbocycles. The van der Waals surface area contributed by atoms with Crippen LogP contribution in [0, 0.1) is 5.82 Å². The maximum absolute atomic E-state index is 13.1. The molecule has 0 aliphatic rings. The molecule has 0 fully saturated rings. The number of hydrogen-bond donors (Lipinski definition) is 1. The molecule has 15 heavy (non-hydrogen) atoms. The zero-order valence-corrected chi connectivity index (χ0v) is 7.86. The van der Waals surface area contributed by atoms with Gasteiger partial charge in [0.1, 0.15) is 11.6 Å². The van der Waals surface area contributed by atoms with Crippen LogP contribution in [0.4, 0.5) is 17.6 Å². The van der Waals surface area contributed by atoms with Crippen LogP contribution in [0.5, 0.6) is 5.75 Å². The second kappa shape index (κ2) is 4.48. The smallest absolute Gasteiger partial charge is 0.405 e. The zero-order valence-electron chi connectivity index (χ0n) is 7.86. The van der Waals surface area contributed by atoms with Gasteiger partial charge in [-0.05, 0) is 19.2 Å². The Labute approximate surface area is 83.9 Å². The first-order chi connectivity index (χ1) is 6.94. The van der Waals surface area contributed by atoms with Crippen molar-refractivity contribution in [2.24, 2.45) is 0 Å². The van der Waals surface area contributed by atoms with Crippen LogP contribution in [0.1, 0.15) is 5.56 Å². The van der Waals surface area contributed by atoms with E-state index in [1.807, 2.05) is 0 Å². The molecule has 0 unspecified atom stereocenters. The van der Waals surface area contributed by atoms with Crippen LogP contribution in [-0.2, 0) is 6.54 Å². The van der Waals surface area contributed by atoms with Gasteiger partial charge in [-0.25, -0.2) is 4.39 Å². The molecule has 0 aliphatic heterocycles. The first-order valence-electron chi connectivity index (χ1n) is 4.12. The number of hydrogen-bond acceptors (Lipinski definition) is 2. The number of alkyl halides is 3. The Bertz CT molecular complexity index is 337. The van der Waals surface area contributed by atoms with Crippen LogP contribution < -0.4 is 10.1 Å². The van der Waals surface area contributed by atoms with E-state index in [1.165, 1.54) is 7.05 Å². The molecule has 0 saturated heterocycles. The predicted octanol–water partition coefficient (Wildman–Crippen LogP) is 2.44. The van der Waals surface area contributed by atoms with Gasteiger partial charge >= 0.3 is 6.36 Å². The third-order valence-electron chi connectivity index (χ3n) is 1.66. The van der Waals surface area contributed by atoms with E-state index in [9.17, 15) is 17.6 Å². The standard InChI is InChI=1S/C9H9F4NO/c1-14-5-6-7(10)3-2-4-8(6)15-9(11,12)13/h2-4,14H,5H2,1H3. The summed E-state index contributed by atoms with van der Waals surface area (Å²) >= 11 is 0. The maximum Gasteiger partial charge on any atom is 0.573 e. The molecule has 0 spiro atoms. The van der Waals surface area contributed by atoms with Crippen molar-refractivity contribution in [2.75, 3.05) is 7.05 Å². The van der Waals surface area contributed by atoms with E-state index in [4.69, 9.17) is 0 Å². The molecule has 0 heterocycles. The topological polar surface area (TPSA) is 21.3 Å². The first-order valence-corrected chi connectivity index (χ1v) is 4.12. The summed E-state index contributed by atoms with van der Waals surface area (Å²) in [5.74, 6) is -1.25. The minimum atomic E-state index is -4.81. The normalized spacial score (nSPS) is 11.5. The fourth-order valence-electron chi connectivity index (χ4n) is 1.11. The quantitative estimate of drug-likeness (QED) is 0.794. The maximum atomic E-state index is 13.1. The highest BCUT2D eigenvalue weighted by Crippen LogP contribution is 2.27. The molecule has 1 aromatic carbocycles. The van der Waals surface area contributed by atoms with E-state index in [0.717, 1.165) is 18.2 Å². The number of rotatable bonds is 3. The third kappa shape index (κ3) is 3.39. The van der Waals surface area contributed by atoms with Crippen LogP contribution in [0.25, 0.3) is 0 Å². The molecule has 0 saturated carbocycles. The van der Waals surface area contributed by atoms with Gasteiger partial charge in [-0.2, -0.15) is 0 Å². The Kier molecular flexibility index (Phi) is 3.52. The summed E-state index contributed by atoms with van der Waals surface area (Å²) in [4.78, 5) is 0. The van der Waals surface area contributed by atoms with Gasteiger partial charge in [0.15, 0.2) is 0 Å². The van der Waals surface area contributed by atoms with Crippen molar-refractivity contribution in [3.63, 3.8) is 0 Å². The van der Waals surface area contributed by atoms with Gasteiger partial charge in [-0.3, -0.25) is 0 Å². The zero-order chi connectivity index (χ0) is 11.5. The summed E-state index contributed by atoms with van der Waals surface area (Å²) in [7, 11) is 1.50. The highest BCUT2D eigenvalue weighted by Gasteiger charge is 2.32. The lowest BCUT2D eigenvalue weighted by atomic mass is 10.2. The van der Waals surface area contributed by atoms with Crippen molar-refractivity contribution in [1.29, 1.82) is 0 Å². The Hall–Kier alpha value is -1.30. The molecular formula is C9H9F4NO. The molecule has 0 aromatic heterocycles. The van der Waals surface area contributed by atoms with Crippen LogP contribution in [-0.4, -0.2) is 13.4 Å². The second-order valence-electron chi connectivity index (χ2n) is 2.79. The largest absolute Gasteiger partial charge is 0.573 e. The third-order valence-corrected chi connectivity index (χ3v) is 1.66. The monoisotopic (exact) mass is 223 g/mol. The molecule has 2 nitrogen and oxygen atoms in total. The van der Waals surface area contributed by atoms with Crippen LogP contribution in [0.2, 0.25) is 0 Å². The van der Waals surface area contributed by atoms with Crippen molar-refractivity contribution < 1.29 is 22.3 Å². The summed E-state index contributed by atoms with van der Waals surface area (Å²) in [6, 6.07) is 3.31. The number of benzene rings is 1. The highest BCUT2D eigenvalue weighted by atomic mass is 19.4. The molecule has 0 amide bonds. The highest BCUT2D eigenvalue weighted by molar-refractivity contribution is 5.34.